The van der Waals surface area contributed by atoms with Gasteiger partial charge < -0.3 is 19.1 Å². The Labute approximate surface area is 195 Å². The van der Waals surface area contributed by atoms with E-state index < -0.39 is 0 Å². The lowest BCUT2D eigenvalue weighted by molar-refractivity contribution is 0.102. The Morgan fingerprint density at radius 1 is 1.00 bits per heavy atom. The highest BCUT2D eigenvalue weighted by Crippen LogP contribution is 2.23. The first-order valence-corrected chi connectivity index (χ1v) is 10.6. The summed E-state index contributed by atoms with van der Waals surface area (Å²) in [5, 5.41) is 6.96. The predicted molar refractivity (Wildman–Crippen MR) is 127 cm³/mol. The molecule has 2 heterocycles. The van der Waals surface area contributed by atoms with Crippen molar-refractivity contribution in [2.75, 3.05) is 12.4 Å². The first-order valence-electron chi connectivity index (χ1n) is 10.6. The molecule has 0 unspecified atom stereocenters. The van der Waals surface area contributed by atoms with E-state index in [1.54, 1.807) is 25.6 Å². The Balaban J connectivity index is 1.23. The molecule has 0 atom stereocenters. The normalized spacial score (nSPS) is 10.7. The first-order chi connectivity index (χ1) is 16.7. The third kappa shape index (κ3) is 4.71. The number of nitrogens with one attached hydrogen (secondary N) is 1. The molecule has 0 bridgehead atoms. The monoisotopic (exact) mass is 451 g/mol. The van der Waals surface area contributed by atoms with Gasteiger partial charge in [0.25, 0.3) is 11.8 Å². The van der Waals surface area contributed by atoms with E-state index in [2.05, 4.69) is 20.4 Å². The molecule has 5 rings (SSSR count). The Kier molecular flexibility index (Phi) is 5.85. The lowest BCUT2D eigenvalue weighted by Gasteiger charge is -2.07. The van der Waals surface area contributed by atoms with Gasteiger partial charge >= 0.3 is 0 Å². The Morgan fingerprint density at radius 2 is 1.76 bits per heavy atom. The van der Waals surface area contributed by atoms with E-state index in [0.29, 0.717) is 29.5 Å². The summed E-state index contributed by atoms with van der Waals surface area (Å²) in [6.07, 6.45) is 3.58. The largest absolute Gasteiger partial charge is 0.497 e. The highest BCUT2D eigenvalue weighted by molar-refractivity contribution is 6.04. The number of anilines is 1. The SMILES string of the molecule is COc1ccc(-c2noc(-c3cn(Cc4ccc(NC(=O)c5ccccc5)cc4)cn3)n2)cc1. The van der Waals surface area contributed by atoms with Crippen LogP contribution in [-0.4, -0.2) is 32.7 Å². The Bertz CT molecular complexity index is 1390. The van der Waals surface area contributed by atoms with Crippen molar-refractivity contribution in [1.29, 1.82) is 0 Å². The number of ether oxygens (including phenoxy) is 1. The number of hydrogen-bond acceptors (Lipinski definition) is 6. The quantitative estimate of drug-likeness (QED) is 0.378. The van der Waals surface area contributed by atoms with Crippen LogP contribution < -0.4 is 10.1 Å². The Morgan fingerprint density at radius 3 is 2.50 bits per heavy atom. The van der Waals surface area contributed by atoms with Crippen LogP contribution in [0.1, 0.15) is 15.9 Å². The fourth-order valence-electron chi connectivity index (χ4n) is 3.44. The van der Waals surface area contributed by atoms with Crippen LogP contribution in [0.3, 0.4) is 0 Å². The molecular formula is C26H21N5O3. The van der Waals surface area contributed by atoms with E-state index in [1.165, 1.54) is 0 Å². The summed E-state index contributed by atoms with van der Waals surface area (Å²) in [6, 6.07) is 24.3. The van der Waals surface area contributed by atoms with Crippen LogP contribution in [0.25, 0.3) is 23.0 Å². The molecule has 0 radical (unpaired) electrons. The number of imidazole rings is 1. The lowest BCUT2D eigenvalue weighted by atomic mass is 10.2. The van der Waals surface area contributed by atoms with Gasteiger partial charge in [-0.3, -0.25) is 4.79 Å². The van der Waals surface area contributed by atoms with Crippen molar-refractivity contribution in [3.05, 3.63) is 103 Å². The summed E-state index contributed by atoms with van der Waals surface area (Å²) in [6.45, 7) is 0.611. The molecule has 2 aromatic heterocycles. The second-order valence-electron chi connectivity index (χ2n) is 7.60. The van der Waals surface area contributed by atoms with Crippen molar-refractivity contribution >= 4 is 11.6 Å². The number of benzene rings is 3. The van der Waals surface area contributed by atoms with Gasteiger partial charge in [-0.15, -0.1) is 0 Å². The molecule has 3 aromatic carbocycles. The number of rotatable bonds is 7. The second-order valence-corrected chi connectivity index (χ2v) is 7.60. The van der Waals surface area contributed by atoms with Crippen LogP contribution in [0, 0.1) is 0 Å². The molecule has 5 aromatic rings. The smallest absolute Gasteiger partial charge is 0.278 e. The number of carbonyl (C=O) groups excluding carboxylic acids is 1. The van der Waals surface area contributed by atoms with Crippen molar-refractivity contribution in [2.24, 2.45) is 0 Å². The molecule has 1 amide bonds. The van der Waals surface area contributed by atoms with Gasteiger partial charge in [-0.25, -0.2) is 4.98 Å². The number of aromatic nitrogens is 4. The summed E-state index contributed by atoms with van der Waals surface area (Å²) in [4.78, 5) is 21.2. The van der Waals surface area contributed by atoms with E-state index in [0.717, 1.165) is 22.6 Å². The minimum absolute atomic E-state index is 0.138. The van der Waals surface area contributed by atoms with Crippen LogP contribution in [0.2, 0.25) is 0 Å². The van der Waals surface area contributed by atoms with Gasteiger partial charge in [-0.2, -0.15) is 4.98 Å². The van der Waals surface area contributed by atoms with E-state index in [9.17, 15) is 4.79 Å². The van der Waals surface area contributed by atoms with Gasteiger partial charge in [0, 0.05) is 29.6 Å². The van der Waals surface area contributed by atoms with Gasteiger partial charge in [0.15, 0.2) is 0 Å². The van der Waals surface area contributed by atoms with Crippen LogP contribution in [0.15, 0.2) is 95.9 Å². The summed E-state index contributed by atoms with van der Waals surface area (Å²) < 4.78 is 12.5. The molecule has 8 nitrogen and oxygen atoms in total. The predicted octanol–water partition coefficient (Wildman–Crippen LogP) is 4.91. The van der Waals surface area contributed by atoms with Crippen molar-refractivity contribution in [2.45, 2.75) is 6.54 Å². The van der Waals surface area contributed by atoms with Crippen LogP contribution in [0.4, 0.5) is 5.69 Å². The standard InChI is InChI=1S/C26H21N5O3/c1-33-22-13-9-19(10-14-22)24-29-26(34-30-24)23-16-31(17-27-23)15-18-7-11-21(12-8-18)28-25(32)20-5-3-2-4-6-20/h2-14,16-17H,15H2,1H3,(H,28,32). The first kappa shape index (κ1) is 21.1. The van der Waals surface area contributed by atoms with E-state index in [1.807, 2.05) is 77.5 Å². The number of methoxy groups -OCH3 is 1. The highest BCUT2D eigenvalue weighted by atomic mass is 16.5. The minimum atomic E-state index is -0.138. The minimum Gasteiger partial charge on any atom is -0.497 e. The average molecular weight is 451 g/mol. The summed E-state index contributed by atoms with van der Waals surface area (Å²) >= 11 is 0. The number of nitrogens with zero attached hydrogens (tertiary/aromatic N) is 4. The van der Waals surface area contributed by atoms with Crippen molar-refractivity contribution in [3.8, 4) is 28.7 Å². The molecule has 0 aliphatic carbocycles. The highest BCUT2D eigenvalue weighted by Gasteiger charge is 2.13. The maximum Gasteiger partial charge on any atom is 0.278 e. The van der Waals surface area contributed by atoms with Crippen LogP contribution >= 0.6 is 0 Å². The summed E-state index contributed by atoms with van der Waals surface area (Å²) in [5.41, 5.74) is 3.84. The summed E-state index contributed by atoms with van der Waals surface area (Å²) in [5.74, 6) is 1.46. The molecule has 1 N–H and O–H groups in total. The number of hydrogen-bond donors (Lipinski definition) is 1. The molecule has 0 saturated carbocycles. The van der Waals surface area contributed by atoms with Crippen LogP contribution in [-0.2, 0) is 6.54 Å². The fourth-order valence-corrected chi connectivity index (χ4v) is 3.44. The maximum atomic E-state index is 12.3. The molecule has 0 fully saturated rings. The van der Waals surface area contributed by atoms with Gasteiger partial charge in [-0.05, 0) is 54.1 Å². The van der Waals surface area contributed by atoms with Gasteiger partial charge in [0.05, 0.1) is 13.4 Å². The van der Waals surface area contributed by atoms with E-state index in [4.69, 9.17) is 9.26 Å². The van der Waals surface area contributed by atoms with E-state index >= 15 is 0 Å². The van der Waals surface area contributed by atoms with Crippen molar-refractivity contribution < 1.29 is 14.1 Å². The van der Waals surface area contributed by atoms with Crippen molar-refractivity contribution in [3.63, 3.8) is 0 Å². The maximum absolute atomic E-state index is 12.3. The zero-order chi connectivity index (χ0) is 23.3. The zero-order valence-electron chi connectivity index (χ0n) is 18.4. The van der Waals surface area contributed by atoms with Gasteiger partial charge in [0.1, 0.15) is 11.4 Å². The number of amides is 1. The molecule has 0 spiro atoms. The number of carbonyl (C=O) groups is 1. The fraction of sp³-hybridized carbons (Fsp3) is 0.0769. The van der Waals surface area contributed by atoms with E-state index in [-0.39, 0.29) is 5.91 Å². The third-order valence-electron chi connectivity index (χ3n) is 5.24. The Hall–Kier alpha value is -4.72. The average Bonchev–Trinajstić information content (AvgIpc) is 3.56. The third-order valence-corrected chi connectivity index (χ3v) is 5.24. The molecule has 168 valence electrons. The molecular weight excluding hydrogens is 430 g/mol. The summed E-state index contributed by atoms with van der Waals surface area (Å²) in [7, 11) is 1.62. The lowest BCUT2D eigenvalue weighted by Crippen LogP contribution is -2.11. The second kappa shape index (κ2) is 9.41. The molecule has 0 aliphatic rings. The van der Waals surface area contributed by atoms with Crippen LogP contribution in [0.5, 0.6) is 5.75 Å². The zero-order valence-corrected chi connectivity index (χ0v) is 18.4. The molecule has 34 heavy (non-hydrogen) atoms. The van der Waals surface area contributed by atoms with Crippen molar-refractivity contribution in [1.82, 2.24) is 19.7 Å². The molecule has 8 heteroatoms. The topological polar surface area (TPSA) is 95.1 Å². The van der Waals surface area contributed by atoms with Gasteiger partial charge in [0.2, 0.25) is 5.82 Å². The molecule has 0 aliphatic heterocycles. The molecule has 0 saturated heterocycles. The van der Waals surface area contributed by atoms with Gasteiger partial charge in [-0.1, -0.05) is 35.5 Å².